The molecule has 4 rings (SSSR count). The Morgan fingerprint density at radius 1 is 0.758 bits per heavy atom. The van der Waals surface area contributed by atoms with E-state index in [1.54, 1.807) is 0 Å². The van der Waals surface area contributed by atoms with Crippen LogP contribution in [0.5, 0.6) is 0 Å². The van der Waals surface area contributed by atoms with Crippen molar-refractivity contribution in [1.82, 2.24) is 4.67 Å². The molecule has 0 amide bonds. The van der Waals surface area contributed by atoms with Crippen LogP contribution in [0.15, 0.2) is 121 Å². The van der Waals surface area contributed by atoms with Gasteiger partial charge in [0.05, 0.1) is 6.04 Å². The minimum atomic E-state index is -0.990. The van der Waals surface area contributed by atoms with E-state index in [9.17, 15) is 0 Å². The van der Waals surface area contributed by atoms with Crippen LogP contribution in [0, 0.1) is 11.6 Å². The van der Waals surface area contributed by atoms with E-state index in [1.807, 2.05) is 30.3 Å². The number of rotatable bonds is 5. The molecule has 0 aliphatic rings. The molecule has 0 N–H and O–H groups in total. The van der Waals surface area contributed by atoms with Crippen molar-refractivity contribution in [3.8, 4) is 0 Å². The number of nitrogens with zero attached hydrogens (tertiary/aromatic N) is 2. The van der Waals surface area contributed by atoms with Crippen LogP contribution in [0.2, 0.25) is 0 Å². The SMILES string of the molecule is CC(c1ccccc1)N(C)[PH+](c1ccccc1)c1ccccc1.[C-]#[O+].[Mo].[N-]=O.c1cc[cH-]c1. The molecule has 0 spiro atoms. The number of hydrogen-bond acceptors (Lipinski definition) is 2. The Hall–Kier alpha value is -2.57. The van der Waals surface area contributed by atoms with Gasteiger partial charge in [-0.05, 0) is 36.8 Å². The second-order valence-electron chi connectivity index (χ2n) is 6.74. The van der Waals surface area contributed by atoms with Gasteiger partial charge in [0.2, 0.25) is 0 Å². The Morgan fingerprint density at radius 2 is 1.12 bits per heavy atom. The van der Waals surface area contributed by atoms with E-state index in [2.05, 4.69) is 116 Å². The van der Waals surface area contributed by atoms with Gasteiger partial charge < -0.3 is 10.5 Å². The summed E-state index contributed by atoms with van der Waals surface area (Å²) in [4.78, 5) is 7.25. The van der Waals surface area contributed by atoms with Crippen molar-refractivity contribution in [1.29, 1.82) is 0 Å². The van der Waals surface area contributed by atoms with Gasteiger partial charge in [0.15, 0.2) is 0 Å². The van der Waals surface area contributed by atoms with Crippen LogP contribution in [-0.2, 0) is 25.7 Å². The van der Waals surface area contributed by atoms with Gasteiger partial charge in [-0.2, -0.15) is 22.9 Å². The second-order valence-corrected chi connectivity index (χ2v) is 9.30. The van der Waals surface area contributed by atoms with E-state index in [-0.39, 0.29) is 21.1 Å². The van der Waals surface area contributed by atoms with Crippen molar-refractivity contribution >= 4 is 18.7 Å². The molecule has 4 aromatic carbocycles. The fraction of sp³-hybridized carbons (Fsp3) is 0.111. The molecule has 4 aromatic rings. The molecule has 6 heteroatoms. The Bertz CT molecular complexity index is 911. The van der Waals surface area contributed by atoms with E-state index < -0.39 is 8.07 Å². The third kappa shape index (κ3) is 10.3. The molecule has 170 valence electrons. The van der Waals surface area contributed by atoms with E-state index in [1.165, 1.54) is 16.2 Å². The zero-order valence-electron chi connectivity index (χ0n) is 18.7. The molecular formula is C27H28MoN2O2P-. The zero-order chi connectivity index (χ0) is 23.6. The Balaban J connectivity index is 0.000000878. The van der Waals surface area contributed by atoms with Crippen molar-refractivity contribution in [3.05, 3.63) is 144 Å². The third-order valence-electron chi connectivity index (χ3n) is 4.87. The van der Waals surface area contributed by atoms with Gasteiger partial charge in [0.1, 0.15) is 18.7 Å². The molecule has 0 aromatic heterocycles. The van der Waals surface area contributed by atoms with Crippen LogP contribution in [0.25, 0.3) is 5.59 Å². The summed E-state index contributed by atoms with van der Waals surface area (Å²) >= 11 is 0. The Morgan fingerprint density at radius 3 is 1.45 bits per heavy atom. The van der Waals surface area contributed by atoms with Gasteiger partial charge in [-0.15, -0.1) is 0 Å². The predicted molar refractivity (Wildman–Crippen MR) is 136 cm³/mol. The zero-order valence-corrected chi connectivity index (χ0v) is 21.8. The molecule has 0 bridgehead atoms. The van der Waals surface area contributed by atoms with E-state index >= 15 is 0 Å². The number of hydrogen-bond donors (Lipinski definition) is 0. The molecule has 0 saturated heterocycles. The summed E-state index contributed by atoms with van der Waals surface area (Å²) < 4.78 is 10.0. The van der Waals surface area contributed by atoms with Crippen LogP contribution in [-0.4, -0.2) is 11.7 Å². The van der Waals surface area contributed by atoms with Crippen molar-refractivity contribution in [2.24, 2.45) is 0 Å². The summed E-state index contributed by atoms with van der Waals surface area (Å²) in [6.07, 6.45) is 0. The first-order chi connectivity index (χ1) is 15.8. The Labute approximate surface area is 212 Å². The van der Waals surface area contributed by atoms with Crippen LogP contribution >= 0.6 is 8.07 Å². The summed E-state index contributed by atoms with van der Waals surface area (Å²) in [5.41, 5.74) is 7.12. The van der Waals surface area contributed by atoms with Gasteiger partial charge in [-0.1, -0.05) is 66.7 Å². The quantitative estimate of drug-likeness (QED) is 0.132. The number of nitroso groups, excluding NO2 is 1. The first kappa shape index (κ1) is 30.4. The average molecular weight is 539 g/mol. The molecule has 4 nitrogen and oxygen atoms in total. The van der Waals surface area contributed by atoms with Crippen molar-refractivity contribution < 1.29 is 25.7 Å². The molecule has 1 unspecified atom stereocenters. The van der Waals surface area contributed by atoms with Crippen molar-refractivity contribution in [2.45, 2.75) is 13.0 Å². The Kier molecular flexibility index (Phi) is 17.5. The largest absolute Gasteiger partial charge is 0.577 e. The summed E-state index contributed by atoms with van der Waals surface area (Å²) in [5, 5.41) is 2.85. The van der Waals surface area contributed by atoms with Crippen LogP contribution in [0.4, 0.5) is 0 Å². The van der Waals surface area contributed by atoms with Crippen LogP contribution < -0.4 is 10.6 Å². The third-order valence-corrected chi connectivity index (χ3v) is 7.72. The summed E-state index contributed by atoms with van der Waals surface area (Å²) in [5.74, 6) is 0. The van der Waals surface area contributed by atoms with E-state index in [0.29, 0.717) is 6.04 Å². The second kappa shape index (κ2) is 18.9. The molecule has 0 aliphatic heterocycles. The molecule has 0 radical (unpaired) electrons. The normalized spacial score (nSPS) is 10.1. The maximum absolute atomic E-state index is 7.50. The van der Waals surface area contributed by atoms with Gasteiger partial charge >= 0.3 is 11.3 Å². The van der Waals surface area contributed by atoms with Gasteiger partial charge in [0.25, 0.3) is 0 Å². The molecule has 0 aliphatic carbocycles. The van der Waals surface area contributed by atoms with Gasteiger partial charge in [-0.3, -0.25) is 0 Å². The molecular weight excluding hydrogens is 511 g/mol. The molecule has 0 fully saturated rings. The standard InChI is InChI=1S/C21H22NP.C5H5.CO.Mo.NO/c1-18(19-12-6-3-7-13-19)22(2)23(20-14-8-4-9-15-20)21-16-10-5-11-17-21;1-2-4-5-3-1;1-2;;1-2/h3-18H,1-2H3;1-5H;;;/q;-1;;;-1/p+1. The fourth-order valence-electron chi connectivity index (χ4n) is 3.24. The summed E-state index contributed by atoms with van der Waals surface area (Å²) in [7, 11) is 1.27. The van der Waals surface area contributed by atoms with E-state index in [0.717, 1.165) is 0 Å². The fourth-order valence-corrected chi connectivity index (χ4v) is 5.94. The van der Waals surface area contributed by atoms with Crippen LogP contribution in [0.1, 0.15) is 18.5 Å². The van der Waals surface area contributed by atoms with Crippen molar-refractivity contribution in [2.75, 3.05) is 7.05 Å². The summed E-state index contributed by atoms with van der Waals surface area (Å²) in [6.45, 7) is 6.80. The molecule has 1 atom stereocenters. The summed E-state index contributed by atoms with van der Waals surface area (Å²) in [6, 6.07) is 42.9. The van der Waals surface area contributed by atoms with E-state index in [4.69, 9.17) is 15.2 Å². The molecule has 0 saturated carbocycles. The maximum Gasteiger partial charge on any atom is 0 e. The monoisotopic (exact) mass is 541 g/mol. The number of benzene rings is 3. The molecule has 0 heterocycles. The minimum Gasteiger partial charge on any atom is -0.577 e. The maximum atomic E-state index is 7.50. The predicted octanol–water partition coefficient (Wildman–Crippen LogP) is 6.15. The minimum absolute atomic E-state index is 0. The first-order valence-electron chi connectivity index (χ1n) is 10.1. The first-order valence-corrected chi connectivity index (χ1v) is 11.5. The average Bonchev–Trinajstić information content (AvgIpc) is 3.48. The van der Waals surface area contributed by atoms with Gasteiger partial charge in [0, 0.05) is 28.1 Å². The molecule has 33 heavy (non-hydrogen) atoms. The topological polar surface area (TPSA) is 62.5 Å². The smallest absolute Gasteiger partial charge is 0 e. The van der Waals surface area contributed by atoms with Crippen LogP contribution in [0.3, 0.4) is 0 Å². The van der Waals surface area contributed by atoms with Gasteiger partial charge in [-0.25, -0.2) is 12.1 Å². The van der Waals surface area contributed by atoms with Crippen molar-refractivity contribution in [3.63, 3.8) is 0 Å².